The van der Waals surface area contributed by atoms with E-state index in [-0.39, 0.29) is 5.91 Å². The summed E-state index contributed by atoms with van der Waals surface area (Å²) >= 11 is 0. The molecule has 2 aromatic carbocycles. The maximum absolute atomic E-state index is 12.9. The summed E-state index contributed by atoms with van der Waals surface area (Å²) in [4.78, 5) is 27.3. The maximum Gasteiger partial charge on any atom is 0.251 e. The number of nitrogens with zero attached hydrogens (tertiary/aromatic N) is 8. The van der Waals surface area contributed by atoms with Crippen molar-refractivity contribution < 1.29 is 9.53 Å². The van der Waals surface area contributed by atoms with E-state index in [9.17, 15) is 4.79 Å². The van der Waals surface area contributed by atoms with Crippen LogP contribution in [0.1, 0.15) is 21.6 Å². The summed E-state index contributed by atoms with van der Waals surface area (Å²) < 4.78 is 9.44. The zero-order valence-corrected chi connectivity index (χ0v) is 27.3. The molecule has 7 rings (SSSR count). The van der Waals surface area contributed by atoms with Gasteiger partial charge in [0, 0.05) is 88.0 Å². The summed E-state index contributed by atoms with van der Waals surface area (Å²) in [6, 6.07) is 13.9. The zero-order valence-electron chi connectivity index (χ0n) is 27.3. The largest absolute Gasteiger partial charge is 0.495 e. The molecule has 2 aliphatic rings. The molecule has 12 heteroatoms. The van der Waals surface area contributed by atoms with Gasteiger partial charge >= 0.3 is 0 Å². The molecular weight excluding hydrogens is 592 g/mol. The standard InChI is InChI=1S/C35H40N10O2/c1-42-15-17-45(18-16-42)14-13-36-34(46)25-9-11-28(30(19-25)47-4)39-35-37-20-26-10-12-29-31(32(26)40-35)33(44(3)41-29)24-7-5-23(6-8-24)27-21-38-43(2)22-27/h5-9,11,19-22H,10,12-18H2,1-4H3,(H,36,46)(H,37,39,40). The van der Waals surface area contributed by atoms with Crippen molar-refractivity contribution in [2.45, 2.75) is 12.8 Å². The van der Waals surface area contributed by atoms with Crippen LogP contribution in [0.25, 0.3) is 33.6 Å². The number of aryl methyl sites for hydroxylation is 4. The van der Waals surface area contributed by atoms with Gasteiger partial charge in [0.25, 0.3) is 5.91 Å². The molecule has 12 nitrogen and oxygen atoms in total. The number of amides is 1. The Morgan fingerprint density at radius 2 is 1.72 bits per heavy atom. The molecule has 1 fully saturated rings. The molecule has 5 aromatic rings. The number of aromatic nitrogens is 6. The number of benzene rings is 2. The van der Waals surface area contributed by atoms with Gasteiger partial charge in [-0.15, -0.1) is 0 Å². The molecule has 1 amide bonds. The van der Waals surface area contributed by atoms with Crippen LogP contribution in [0.2, 0.25) is 0 Å². The number of nitrogens with one attached hydrogen (secondary N) is 2. The van der Waals surface area contributed by atoms with E-state index >= 15 is 0 Å². The summed E-state index contributed by atoms with van der Waals surface area (Å²) in [5.41, 5.74) is 9.49. The summed E-state index contributed by atoms with van der Waals surface area (Å²) in [6.07, 6.45) is 7.42. The molecule has 2 N–H and O–H groups in total. The predicted octanol–water partition coefficient (Wildman–Crippen LogP) is 3.77. The maximum atomic E-state index is 12.9. The Bertz CT molecular complexity index is 1900. The Morgan fingerprint density at radius 3 is 2.47 bits per heavy atom. The van der Waals surface area contributed by atoms with E-state index in [2.05, 4.69) is 61.8 Å². The predicted molar refractivity (Wildman–Crippen MR) is 182 cm³/mol. The average Bonchev–Trinajstić information content (AvgIpc) is 3.68. The van der Waals surface area contributed by atoms with Crippen molar-refractivity contribution in [1.82, 2.24) is 44.6 Å². The molecule has 47 heavy (non-hydrogen) atoms. The second-order valence-electron chi connectivity index (χ2n) is 12.3. The lowest BCUT2D eigenvalue weighted by atomic mass is 9.91. The lowest BCUT2D eigenvalue weighted by molar-refractivity contribution is 0.0940. The molecule has 0 radical (unpaired) electrons. The van der Waals surface area contributed by atoms with Crippen molar-refractivity contribution in [1.29, 1.82) is 0 Å². The number of hydrogen-bond acceptors (Lipinski definition) is 9. The number of carbonyl (C=O) groups excluding carboxylic acids is 1. The normalized spacial score (nSPS) is 14.8. The van der Waals surface area contributed by atoms with Crippen molar-refractivity contribution in [2.75, 3.05) is 58.7 Å². The Labute approximate surface area is 274 Å². The first-order valence-electron chi connectivity index (χ1n) is 16.0. The van der Waals surface area contributed by atoms with Crippen LogP contribution in [0.3, 0.4) is 0 Å². The van der Waals surface area contributed by atoms with Crippen LogP contribution >= 0.6 is 0 Å². The lowest BCUT2D eigenvalue weighted by Crippen LogP contribution is -2.46. The van der Waals surface area contributed by atoms with Crippen LogP contribution in [-0.4, -0.2) is 98.7 Å². The van der Waals surface area contributed by atoms with Crippen LogP contribution < -0.4 is 15.4 Å². The van der Waals surface area contributed by atoms with E-state index in [0.29, 0.717) is 29.5 Å². The number of piperazine rings is 1. The Balaban J connectivity index is 1.09. The van der Waals surface area contributed by atoms with Crippen LogP contribution in [0.15, 0.2) is 61.1 Å². The van der Waals surface area contributed by atoms with E-state index in [0.717, 1.165) is 90.5 Å². The highest BCUT2D eigenvalue weighted by Gasteiger charge is 2.27. The van der Waals surface area contributed by atoms with E-state index in [1.807, 2.05) is 43.4 Å². The number of fused-ring (bicyclic) bond motifs is 3. The molecule has 1 aliphatic carbocycles. The Morgan fingerprint density at radius 1 is 0.936 bits per heavy atom. The van der Waals surface area contributed by atoms with Crippen molar-refractivity contribution in [2.24, 2.45) is 14.1 Å². The zero-order chi connectivity index (χ0) is 32.5. The van der Waals surface area contributed by atoms with Crippen LogP contribution in [0.4, 0.5) is 11.6 Å². The van der Waals surface area contributed by atoms with E-state index in [4.69, 9.17) is 14.8 Å². The summed E-state index contributed by atoms with van der Waals surface area (Å²) in [7, 11) is 7.64. The fraction of sp³-hybridized carbons (Fsp3) is 0.343. The first kappa shape index (κ1) is 30.6. The average molecular weight is 633 g/mol. The third-order valence-electron chi connectivity index (χ3n) is 9.07. The van der Waals surface area contributed by atoms with Crippen molar-refractivity contribution in [3.8, 4) is 39.4 Å². The molecular formula is C35H40N10O2. The molecule has 1 aliphatic heterocycles. The monoisotopic (exact) mass is 632 g/mol. The van der Waals surface area contributed by atoms with Gasteiger partial charge in [0.2, 0.25) is 5.95 Å². The van der Waals surface area contributed by atoms with Crippen LogP contribution in [0.5, 0.6) is 5.75 Å². The molecule has 0 spiro atoms. The second-order valence-corrected chi connectivity index (χ2v) is 12.3. The van der Waals surface area contributed by atoms with Crippen LogP contribution in [0, 0.1) is 0 Å². The minimum Gasteiger partial charge on any atom is -0.495 e. The van der Waals surface area contributed by atoms with Gasteiger partial charge in [0.1, 0.15) is 5.75 Å². The summed E-state index contributed by atoms with van der Waals surface area (Å²) in [6.45, 7) is 5.59. The molecule has 0 atom stereocenters. The molecule has 3 aromatic heterocycles. The fourth-order valence-corrected chi connectivity index (χ4v) is 6.40. The molecule has 4 heterocycles. The number of likely N-dealkylation sites (N-methyl/N-ethyl adjacent to an activating group) is 1. The number of ether oxygens (including phenoxy) is 1. The quantitative estimate of drug-likeness (QED) is 0.250. The highest BCUT2D eigenvalue weighted by molar-refractivity contribution is 5.95. The fourth-order valence-electron chi connectivity index (χ4n) is 6.40. The molecule has 242 valence electrons. The Hall–Kier alpha value is -5.07. The van der Waals surface area contributed by atoms with Gasteiger partial charge in [-0.3, -0.25) is 19.1 Å². The first-order valence-corrected chi connectivity index (χ1v) is 16.0. The van der Waals surface area contributed by atoms with Gasteiger partial charge in [-0.1, -0.05) is 24.3 Å². The van der Waals surface area contributed by atoms with E-state index in [1.165, 1.54) is 0 Å². The van der Waals surface area contributed by atoms with Crippen molar-refractivity contribution in [3.05, 3.63) is 77.9 Å². The smallest absolute Gasteiger partial charge is 0.251 e. The molecule has 0 unspecified atom stereocenters. The number of rotatable bonds is 9. The lowest BCUT2D eigenvalue weighted by Gasteiger charge is -2.32. The number of methoxy groups -OCH3 is 1. The molecule has 0 saturated carbocycles. The second kappa shape index (κ2) is 13.0. The van der Waals surface area contributed by atoms with E-state index in [1.54, 1.807) is 23.9 Å². The summed E-state index contributed by atoms with van der Waals surface area (Å²) in [5, 5.41) is 15.6. The third kappa shape index (κ3) is 6.34. The molecule has 0 bridgehead atoms. The highest BCUT2D eigenvalue weighted by Crippen LogP contribution is 2.40. The van der Waals surface area contributed by atoms with Gasteiger partial charge in [-0.05, 0) is 49.2 Å². The van der Waals surface area contributed by atoms with E-state index < -0.39 is 0 Å². The SMILES string of the molecule is COc1cc(C(=O)NCCN2CCN(C)CC2)ccc1Nc1ncc2c(n1)-c1c(nn(C)c1-c1ccc(-c3cnn(C)c3)cc1)CC2. The van der Waals surface area contributed by atoms with Crippen molar-refractivity contribution in [3.63, 3.8) is 0 Å². The Kier molecular flexibility index (Phi) is 8.44. The van der Waals surface area contributed by atoms with Crippen molar-refractivity contribution >= 4 is 17.5 Å². The number of hydrogen-bond donors (Lipinski definition) is 2. The van der Waals surface area contributed by atoms with Gasteiger partial charge in [-0.2, -0.15) is 10.2 Å². The van der Waals surface area contributed by atoms with Gasteiger partial charge in [0.15, 0.2) is 0 Å². The molecule has 1 saturated heterocycles. The topological polar surface area (TPSA) is 118 Å². The van der Waals surface area contributed by atoms with Crippen LogP contribution in [-0.2, 0) is 26.9 Å². The summed E-state index contributed by atoms with van der Waals surface area (Å²) in [5.74, 6) is 0.856. The first-order chi connectivity index (χ1) is 22.9. The minimum atomic E-state index is -0.126. The minimum absolute atomic E-state index is 0.126. The van der Waals surface area contributed by atoms with Gasteiger partial charge < -0.3 is 20.3 Å². The third-order valence-corrected chi connectivity index (χ3v) is 9.07. The number of carbonyl (C=O) groups is 1. The number of anilines is 2. The van der Waals surface area contributed by atoms with Gasteiger partial charge in [0.05, 0.1) is 36.1 Å². The highest BCUT2D eigenvalue weighted by atomic mass is 16.5. The van der Waals surface area contributed by atoms with Gasteiger partial charge in [-0.25, -0.2) is 9.97 Å².